The number of carbonyl (C=O) groups is 1. The van der Waals surface area contributed by atoms with Gasteiger partial charge < -0.3 is 15.0 Å². The molecule has 0 aromatic heterocycles. The smallest absolute Gasteiger partial charge is 0.231 e. The first kappa shape index (κ1) is 20.7. The van der Waals surface area contributed by atoms with Crippen LogP contribution in [-0.4, -0.2) is 31.0 Å². The summed E-state index contributed by atoms with van der Waals surface area (Å²) in [5.41, 5.74) is 2.53. The maximum Gasteiger partial charge on any atom is 0.231 e. The van der Waals surface area contributed by atoms with Gasteiger partial charge in [-0.25, -0.2) is 0 Å². The normalized spacial score (nSPS) is 15.9. The van der Waals surface area contributed by atoms with Crippen LogP contribution in [0, 0.1) is 0 Å². The van der Waals surface area contributed by atoms with Gasteiger partial charge in [-0.2, -0.15) is 0 Å². The Morgan fingerprint density at radius 2 is 1.79 bits per heavy atom. The molecule has 0 radical (unpaired) electrons. The number of rotatable bonds is 7. The number of likely N-dealkylation sites (tertiary alicyclic amines) is 1. The maximum absolute atomic E-state index is 13.5. The van der Waals surface area contributed by atoms with Crippen molar-refractivity contribution >= 4 is 5.91 Å². The van der Waals surface area contributed by atoms with Crippen LogP contribution in [0.2, 0.25) is 0 Å². The third-order valence-corrected chi connectivity index (χ3v) is 5.78. The van der Waals surface area contributed by atoms with Gasteiger partial charge in [0.15, 0.2) is 0 Å². The highest BCUT2D eigenvalue weighted by Crippen LogP contribution is 2.37. The Kier molecular flexibility index (Phi) is 6.76. The lowest BCUT2D eigenvalue weighted by Crippen LogP contribution is -2.51. The largest absolute Gasteiger partial charge is 0.496 e. The SMILES string of the molecule is C=C(/C=C/C)N1CCC(C(=O)NCc2ccccc2OC)(c2ccccc2)CC1. The first-order valence-corrected chi connectivity index (χ1v) is 10.1. The van der Waals surface area contributed by atoms with Crippen LogP contribution < -0.4 is 10.1 Å². The average Bonchev–Trinajstić information content (AvgIpc) is 2.78. The number of amides is 1. The highest BCUT2D eigenvalue weighted by Gasteiger charge is 2.42. The van der Waals surface area contributed by atoms with Crippen molar-refractivity contribution in [1.29, 1.82) is 0 Å². The van der Waals surface area contributed by atoms with E-state index in [1.807, 2.05) is 61.5 Å². The zero-order chi connectivity index (χ0) is 20.7. The van der Waals surface area contributed by atoms with Gasteiger partial charge >= 0.3 is 0 Å². The summed E-state index contributed by atoms with van der Waals surface area (Å²) in [6.07, 6.45) is 5.54. The van der Waals surface area contributed by atoms with Gasteiger partial charge in [-0.15, -0.1) is 0 Å². The number of allylic oxidation sites excluding steroid dienone is 2. The zero-order valence-corrected chi connectivity index (χ0v) is 17.4. The summed E-state index contributed by atoms with van der Waals surface area (Å²) in [4.78, 5) is 15.7. The summed E-state index contributed by atoms with van der Waals surface area (Å²) < 4.78 is 5.42. The number of hydrogen-bond acceptors (Lipinski definition) is 3. The Morgan fingerprint density at radius 3 is 2.45 bits per heavy atom. The van der Waals surface area contributed by atoms with E-state index in [-0.39, 0.29) is 5.91 Å². The number of methoxy groups -OCH3 is 1. The van der Waals surface area contributed by atoms with Crippen molar-refractivity contribution in [3.63, 3.8) is 0 Å². The van der Waals surface area contributed by atoms with Gasteiger partial charge in [-0.3, -0.25) is 4.79 Å². The van der Waals surface area contributed by atoms with E-state index in [4.69, 9.17) is 4.74 Å². The van der Waals surface area contributed by atoms with Crippen molar-refractivity contribution in [3.8, 4) is 5.75 Å². The summed E-state index contributed by atoms with van der Waals surface area (Å²) in [6, 6.07) is 17.9. The zero-order valence-electron chi connectivity index (χ0n) is 17.4. The molecule has 1 saturated heterocycles. The van der Waals surface area contributed by atoms with Gasteiger partial charge in [-0.1, -0.05) is 61.2 Å². The summed E-state index contributed by atoms with van der Waals surface area (Å²) in [5.74, 6) is 0.866. The van der Waals surface area contributed by atoms with Gasteiger partial charge in [0.25, 0.3) is 0 Å². The van der Waals surface area contributed by atoms with Gasteiger partial charge in [0.2, 0.25) is 5.91 Å². The molecule has 2 aromatic rings. The van der Waals surface area contributed by atoms with Gasteiger partial charge in [0, 0.05) is 30.9 Å². The molecule has 1 heterocycles. The number of hydrogen-bond donors (Lipinski definition) is 1. The van der Waals surface area contributed by atoms with Crippen molar-refractivity contribution in [3.05, 3.63) is 90.2 Å². The van der Waals surface area contributed by atoms with E-state index in [0.717, 1.165) is 48.5 Å². The minimum absolute atomic E-state index is 0.0749. The van der Waals surface area contributed by atoms with Crippen LogP contribution in [0.25, 0.3) is 0 Å². The Morgan fingerprint density at radius 1 is 1.14 bits per heavy atom. The van der Waals surface area contributed by atoms with E-state index >= 15 is 0 Å². The lowest BCUT2D eigenvalue weighted by Gasteiger charge is -2.42. The molecule has 1 aliphatic heterocycles. The Hall–Kier alpha value is -3.01. The van der Waals surface area contributed by atoms with Crippen molar-refractivity contribution in [1.82, 2.24) is 10.2 Å². The summed E-state index contributed by atoms with van der Waals surface area (Å²) in [6.45, 7) is 8.21. The van der Waals surface area contributed by atoms with Crippen LogP contribution in [0.1, 0.15) is 30.9 Å². The fraction of sp³-hybridized carbons (Fsp3) is 0.320. The highest BCUT2D eigenvalue weighted by molar-refractivity contribution is 5.88. The van der Waals surface area contributed by atoms with E-state index in [1.54, 1.807) is 7.11 Å². The topological polar surface area (TPSA) is 41.6 Å². The minimum Gasteiger partial charge on any atom is -0.496 e. The summed E-state index contributed by atoms with van der Waals surface area (Å²) >= 11 is 0. The predicted molar refractivity (Wildman–Crippen MR) is 118 cm³/mol. The molecule has 0 bridgehead atoms. The molecule has 4 nitrogen and oxygen atoms in total. The quantitative estimate of drug-likeness (QED) is 0.711. The predicted octanol–water partition coefficient (Wildman–Crippen LogP) is 4.44. The molecule has 0 atom stereocenters. The summed E-state index contributed by atoms with van der Waals surface area (Å²) in [5, 5.41) is 3.18. The number of benzene rings is 2. The minimum atomic E-state index is -0.532. The van der Waals surface area contributed by atoms with Crippen LogP contribution in [0.3, 0.4) is 0 Å². The first-order chi connectivity index (χ1) is 14.1. The third kappa shape index (κ3) is 4.53. The second kappa shape index (κ2) is 9.46. The van der Waals surface area contributed by atoms with Crippen LogP contribution >= 0.6 is 0 Å². The molecular weight excluding hydrogens is 360 g/mol. The fourth-order valence-electron chi connectivity index (χ4n) is 4.07. The second-order valence-electron chi connectivity index (χ2n) is 7.42. The summed E-state index contributed by atoms with van der Waals surface area (Å²) in [7, 11) is 1.65. The van der Waals surface area contributed by atoms with Gasteiger partial charge in [0.1, 0.15) is 5.75 Å². The molecule has 1 amide bonds. The molecule has 0 aliphatic carbocycles. The van der Waals surface area contributed by atoms with E-state index in [9.17, 15) is 4.79 Å². The van der Waals surface area contributed by atoms with Crippen LogP contribution in [0.5, 0.6) is 5.75 Å². The molecule has 0 unspecified atom stereocenters. The molecule has 0 spiro atoms. The van der Waals surface area contributed by atoms with Crippen molar-refractivity contribution in [2.24, 2.45) is 0 Å². The number of nitrogens with zero attached hydrogens (tertiary/aromatic N) is 1. The van der Waals surface area contributed by atoms with Crippen LogP contribution in [-0.2, 0) is 16.8 Å². The Balaban J connectivity index is 1.80. The molecule has 152 valence electrons. The molecular formula is C25H30N2O2. The lowest BCUT2D eigenvalue weighted by atomic mass is 9.71. The second-order valence-corrected chi connectivity index (χ2v) is 7.42. The van der Waals surface area contributed by atoms with E-state index in [1.165, 1.54) is 0 Å². The fourth-order valence-corrected chi connectivity index (χ4v) is 4.07. The first-order valence-electron chi connectivity index (χ1n) is 10.1. The number of para-hydroxylation sites is 1. The van der Waals surface area contributed by atoms with Crippen LogP contribution in [0.15, 0.2) is 79.0 Å². The molecule has 3 rings (SSSR count). The average molecular weight is 391 g/mol. The van der Waals surface area contributed by atoms with E-state index < -0.39 is 5.41 Å². The number of carbonyl (C=O) groups excluding carboxylic acids is 1. The van der Waals surface area contributed by atoms with Gasteiger partial charge in [0.05, 0.1) is 12.5 Å². The third-order valence-electron chi connectivity index (χ3n) is 5.78. The van der Waals surface area contributed by atoms with Crippen molar-refractivity contribution < 1.29 is 9.53 Å². The molecule has 1 fully saturated rings. The molecule has 1 N–H and O–H groups in total. The molecule has 1 aliphatic rings. The lowest BCUT2D eigenvalue weighted by molar-refractivity contribution is -0.128. The molecule has 29 heavy (non-hydrogen) atoms. The Bertz CT molecular complexity index is 865. The van der Waals surface area contributed by atoms with Crippen molar-refractivity contribution in [2.75, 3.05) is 20.2 Å². The van der Waals surface area contributed by atoms with Crippen molar-refractivity contribution in [2.45, 2.75) is 31.7 Å². The maximum atomic E-state index is 13.5. The monoisotopic (exact) mass is 390 g/mol. The standard InChI is InChI=1S/C25H30N2O2/c1-4-10-20(2)27-17-15-25(16-18-27,22-12-6-5-7-13-22)24(28)26-19-21-11-8-9-14-23(21)29-3/h4-14H,2,15-19H2,1,3H3,(H,26,28)/b10-4+. The van der Waals surface area contributed by atoms with E-state index in [2.05, 4.69) is 28.9 Å². The number of ether oxygens (including phenoxy) is 1. The number of piperidine rings is 1. The Labute approximate surface area is 173 Å². The molecule has 4 heteroatoms. The van der Waals surface area contributed by atoms with E-state index in [0.29, 0.717) is 6.54 Å². The van der Waals surface area contributed by atoms with Crippen LogP contribution in [0.4, 0.5) is 0 Å². The molecule has 2 aromatic carbocycles. The number of nitrogens with one attached hydrogen (secondary N) is 1. The van der Waals surface area contributed by atoms with Gasteiger partial charge in [-0.05, 0) is 37.5 Å². The highest BCUT2D eigenvalue weighted by atomic mass is 16.5. The molecule has 0 saturated carbocycles.